The molecule has 1 fully saturated rings. The maximum Gasteiger partial charge on any atom is 0.224 e. The van der Waals surface area contributed by atoms with Gasteiger partial charge in [0.15, 0.2) is 0 Å². The molecule has 0 radical (unpaired) electrons. The van der Waals surface area contributed by atoms with Gasteiger partial charge in [-0.2, -0.15) is 0 Å². The second-order valence-corrected chi connectivity index (χ2v) is 9.50. The van der Waals surface area contributed by atoms with Crippen molar-refractivity contribution >= 4 is 23.2 Å². The third kappa shape index (κ3) is 11.1. The highest BCUT2D eigenvalue weighted by molar-refractivity contribution is 5.90. The van der Waals surface area contributed by atoms with Crippen molar-refractivity contribution in [3.63, 3.8) is 0 Å². The van der Waals surface area contributed by atoms with Crippen LogP contribution in [0.2, 0.25) is 0 Å². The van der Waals surface area contributed by atoms with Crippen molar-refractivity contribution in [3.8, 4) is 0 Å². The van der Waals surface area contributed by atoms with Gasteiger partial charge < -0.3 is 15.1 Å². The Labute approximate surface area is 202 Å². The lowest BCUT2D eigenvalue weighted by molar-refractivity contribution is -0.131. The Balaban J connectivity index is 1.63. The summed E-state index contributed by atoms with van der Waals surface area (Å²) < 4.78 is 0. The predicted octanol–water partition coefficient (Wildman–Crippen LogP) is 6.77. The molecule has 0 aromatic heterocycles. The third-order valence-corrected chi connectivity index (χ3v) is 6.65. The Kier molecular flexibility index (Phi) is 13.6. The second kappa shape index (κ2) is 16.6. The van der Waals surface area contributed by atoms with E-state index >= 15 is 0 Å². The molecule has 2 rings (SSSR count). The molecule has 1 N–H and O–H groups in total. The lowest BCUT2D eigenvalue weighted by atomic mass is 10.1. The van der Waals surface area contributed by atoms with Crippen LogP contribution in [0.5, 0.6) is 0 Å². The summed E-state index contributed by atoms with van der Waals surface area (Å²) in [6.45, 7) is 7.77. The molecule has 1 aliphatic rings. The SMILES string of the molecule is CCCCCCCCCC(=O)Nc1ccc(N2CCN(C(=O)CCCCCCC)CC2)cc1. The van der Waals surface area contributed by atoms with Gasteiger partial charge in [-0.3, -0.25) is 9.59 Å². The van der Waals surface area contributed by atoms with Gasteiger partial charge >= 0.3 is 0 Å². The first-order valence-corrected chi connectivity index (χ1v) is 13.6. The topological polar surface area (TPSA) is 52.7 Å². The summed E-state index contributed by atoms with van der Waals surface area (Å²) in [6, 6.07) is 8.14. The Morgan fingerprint density at radius 1 is 0.697 bits per heavy atom. The van der Waals surface area contributed by atoms with Crippen molar-refractivity contribution in [2.24, 2.45) is 0 Å². The number of nitrogens with one attached hydrogen (secondary N) is 1. The highest BCUT2D eigenvalue weighted by atomic mass is 16.2. The molecule has 0 saturated carbocycles. The predicted molar refractivity (Wildman–Crippen MR) is 140 cm³/mol. The molecule has 0 spiro atoms. The summed E-state index contributed by atoms with van der Waals surface area (Å²) in [7, 11) is 0. The molecule has 5 nitrogen and oxygen atoms in total. The van der Waals surface area contributed by atoms with Crippen LogP contribution >= 0.6 is 0 Å². The molecule has 5 heteroatoms. The zero-order chi connectivity index (χ0) is 23.7. The molecule has 33 heavy (non-hydrogen) atoms. The summed E-state index contributed by atoms with van der Waals surface area (Å²) >= 11 is 0. The molecule has 0 aliphatic carbocycles. The average Bonchev–Trinajstić information content (AvgIpc) is 2.84. The average molecular weight is 458 g/mol. The maximum atomic E-state index is 12.4. The number of hydrogen-bond donors (Lipinski definition) is 1. The number of benzene rings is 1. The van der Waals surface area contributed by atoms with Crippen LogP contribution in [0.15, 0.2) is 24.3 Å². The quantitative estimate of drug-likeness (QED) is 0.279. The number of piperazine rings is 1. The fraction of sp³-hybridized carbons (Fsp3) is 0.714. The van der Waals surface area contributed by atoms with Crippen molar-refractivity contribution in [2.75, 3.05) is 36.4 Å². The van der Waals surface area contributed by atoms with Gasteiger partial charge in [0, 0.05) is 50.4 Å². The number of amides is 2. The van der Waals surface area contributed by atoms with E-state index < -0.39 is 0 Å². The Bertz CT molecular complexity index is 666. The summed E-state index contributed by atoms with van der Waals surface area (Å²) in [5.74, 6) is 0.420. The van der Waals surface area contributed by atoms with E-state index in [1.54, 1.807) is 0 Å². The van der Waals surface area contributed by atoms with Gasteiger partial charge in [0.2, 0.25) is 11.8 Å². The zero-order valence-electron chi connectivity index (χ0n) is 21.2. The van der Waals surface area contributed by atoms with Gasteiger partial charge in [0.1, 0.15) is 0 Å². The van der Waals surface area contributed by atoms with E-state index in [9.17, 15) is 9.59 Å². The number of anilines is 2. The number of unbranched alkanes of at least 4 members (excludes halogenated alkanes) is 10. The minimum Gasteiger partial charge on any atom is -0.368 e. The number of carbonyl (C=O) groups is 2. The van der Waals surface area contributed by atoms with Gasteiger partial charge in [-0.05, 0) is 37.1 Å². The van der Waals surface area contributed by atoms with Crippen molar-refractivity contribution in [1.29, 1.82) is 0 Å². The fourth-order valence-corrected chi connectivity index (χ4v) is 4.47. The molecule has 1 saturated heterocycles. The molecule has 1 aromatic carbocycles. The molecule has 1 aliphatic heterocycles. The summed E-state index contributed by atoms with van der Waals surface area (Å²) in [5, 5.41) is 3.03. The van der Waals surface area contributed by atoms with Crippen LogP contribution in [0, 0.1) is 0 Å². The minimum absolute atomic E-state index is 0.109. The Morgan fingerprint density at radius 3 is 1.79 bits per heavy atom. The van der Waals surface area contributed by atoms with E-state index in [1.807, 2.05) is 17.0 Å². The molecule has 1 heterocycles. The Morgan fingerprint density at radius 2 is 1.21 bits per heavy atom. The van der Waals surface area contributed by atoms with Gasteiger partial charge in [0.25, 0.3) is 0 Å². The molecule has 0 unspecified atom stereocenters. The number of rotatable bonds is 16. The lowest BCUT2D eigenvalue weighted by Crippen LogP contribution is -2.48. The maximum absolute atomic E-state index is 12.4. The Hall–Kier alpha value is -2.04. The molecule has 1 aromatic rings. The van der Waals surface area contributed by atoms with Crippen LogP contribution in [-0.2, 0) is 9.59 Å². The highest BCUT2D eigenvalue weighted by Crippen LogP contribution is 2.20. The van der Waals surface area contributed by atoms with Gasteiger partial charge in [-0.25, -0.2) is 0 Å². The van der Waals surface area contributed by atoms with Crippen LogP contribution < -0.4 is 10.2 Å². The van der Waals surface area contributed by atoms with Gasteiger partial charge in [0.05, 0.1) is 0 Å². The monoisotopic (exact) mass is 457 g/mol. The van der Waals surface area contributed by atoms with Crippen LogP contribution in [0.3, 0.4) is 0 Å². The molecular formula is C28H47N3O2. The smallest absolute Gasteiger partial charge is 0.224 e. The normalized spacial score (nSPS) is 13.9. The van der Waals surface area contributed by atoms with E-state index in [-0.39, 0.29) is 5.91 Å². The first-order valence-electron chi connectivity index (χ1n) is 13.6. The molecule has 0 bridgehead atoms. The number of hydrogen-bond acceptors (Lipinski definition) is 3. The molecule has 2 amide bonds. The van der Waals surface area contributed by atoms with Gasteiger partial charge in [-0.15, -0.1) is 0 Å². The molecular weight excluding hydrogens is 410 g/mol. The highest BCUT2D eigenvalue weighted by Gasteiger charge is 2.20. The first-order chi connectivity index (χ1) is 16.1. The number of carbonyl (C=O) groups excluding carboxylic acids is 2. The second-order valence-electron chi connectivity index (χ2n) is 9.50. The largest absolute Gasteiger partial charge is 0.368 e. The summed E-state index contributed by atoms with van der Waals surface area (Å²) in [4.78, 5) is 29.0. The summed E-state index contributed by atoms with van der Waals surface area (Å²) in [6.07, 6.45) is 15.8. The van der Waals surface area contributed by atoms with E-state index in [0.717, 1.165) is 56.8 Å². The van der Waals surface area contributed by atoms with E-state index in [0.29, 0.717) is 18.7 Å². The third-order valence-electron chi connectivity index (χ3n) is 6.65. The van der Waals surface area contributed by atoms with E-state index in [2.05, 4.69) is 36.2 Å². The standard InChI is InChI=1S/C28H47N3O2/c1-3-5-7-9-10-12-13-15-27(32)29-25-17-19-26(20-18-25)30-21-23-31(24-22-30)28(33)16-14-11-8-6-4-2/h17-20H,3-16,21-24H2,1-2H3,(H,29,32). The molecule has 0 atom stereocenters. The first kappa shape index (κ1) is 27.2. The van der Waals surface area contributed by atoms with Crippen molar-refractivity contribution in [2.45, 2.75) is 104 Å². The number of nitrogens with zero attached hydrogens (tertiary/aromatic N) is 2. The van der Waals surface area contributed by atoms with Crippen LogP contribution in [-0.4, -0.2) is 42.9 Å². The van der Waals surface area contributed by atoms with Crippen molar-refractivity contribution in [1.82, 2.24) is 4.90 Å². The minimum atomic E-state index is 0.109. The molecule has 186 valence electrons. The van der Waals surface area contributed by atoms with Crippen molar-refractivity contribution < 1.29 is 9.59 Å². The van der Waals surface area contributed by atoms with Crippen LogP contribution in [0.25, 0.3) is 0 Å². The summed E-state index contributed by atoms with van der Waals surface area (Å²) in [5.41, 5.74) is 2.02. The van der Waals surface area contributed by atoms with E-state index in [4.69, 9.17) is 0 Å². The lowest BCUT2D eigenvalue weighted by Gasteiger charge is -2.36. The zero-order valence-corrected chi connectivity index (χ0v) is 21.2. The van der Waals surface area contributed by atoms with Crippen molar-refractivity contribution in [3.05, 3.63) is 24.3 Å². The van der Waals surface area contributed by atoms with Gasteiger partial charge in [-0.1, -0.05) is 78.1 Å². The van der Waals surface area contributed by atoms with E-state index in [1.165, 1.54) is 57.8 Å². The van der Waals surface area contributed by atoms with Crippen LogP contribution in [0.4, 0.5) is 11.4 Å². The van der Waals surface area contributed by atoms with Crippen LogP contribution in [0.1, 0.15) is 104 Å². The fourth-order valence-electron chi connectivity index (χ4n) is 4.47.